The number of carbonyl (C=O) groups is 2. The van der Waals surface area contributed by atoms with Crippen molar-refractivity contribution in [2.45, 2.75) is 6.54 Å². The van der Waals surface area contributed by atoms with Crippen molar-refractivity contribution < 1.29 is 18.7 Å². The van der Waals surface area contributed by atoms with Crippen LogP contribution < -0.4 is 4.90 Å². The van der Waals surface area contributed by atoms with Gasteiger partial charge in [0.15, 0.2) is 6.61 Å². The molecule has 0 atom stereocenters. The molecule has 0 bridgehead atoms. The molecule has 31 heavy (non-hydrogen) atoms. The Morgan fingerprint density at radius 2 is 1.68 bits per heavy atom. The van der Waals surface area contributed by atoms with Gasteiger partial charge in [0.2, 0.25) is 0 Å². The molecule has 8 heteroatoms. The standard InChI is InChI=1S/C23H23FN4O3/c24-20-6-8-21(9-7-20)26-12-14-27(15-13-26)22(29)17-31-23(30)19-4-2-18(3-5-19)16-28-11-1-10-25-28/h1-11H,12-17H2. The number of hydrogen-bond donors (Lipinski definition) is 0. The molecule has 1 aromatic heterocycles. The summed E-state index contributed by atoms with van der Waals surface area (Å²) in [6.07, 6.45) is 3.58. The lowest BCUT2D eigenvalue weighted by atomic mass is 10.1. The lowest BCUT2D eigenvalue weighted by Gasteiger charge is -2.36. The van der Waals surface area contributed by atoms with Crippen molar-refractivity contribution in [3.05, 3.63) is 83.9 Å². The molecular formula is C23H23FN4O3. The number of benzene rings is 2. The Bertz CT molecular complexity index is 1010. The maximum Gasteiger partial charge on any atom is 0.338 e. The molecule has 1 amide bonds. The molecule has 0 radical (unpaired) electrons. The summed E-state index contributed by atoms with van der Waals surface area (Å²) in [5.41, 5.74) is 2.34. The quantitative estimate of drug-likeness (QED) is 0.572. The average molecular weight is 422 g/mol. The molecule has 0 N–H and O–H groups in total. The van der Waals surface area contributed by atoms with Crippen LogP contribution in [0.2, 0.25) is 0 Å². The molecule has 7 nitrogen and oxygen atoms in total. The van der Waals surface area contributed by atoms with Crippen LogP contribution in [0, 0.1) is 5.82 Å². The van der Waals surface area contributed by atoms with Crippen LogP contribution in [0.15, 0.2) is 67.0 Å². The summed E-state index contributed by atoms with van der Waals surface area (Å²) in [7, 11) is 0. The molecular weight excluding hydrogens is 399 g/mol. The highest BCUT2D eigenvalue weighted by Crippen LogP contribution is 2.17. The van der Waals surface area contributed by atoms with Gasteiger partial charge in [0.25, 0.3) is 5.91 Å². The Balaban J connectivity index is 1.23. The molecule has 4 rings (SSSR count). The summed E-state index contributed by atoms with van der Waals surface area (Å²) in [6, 6.07) is 15.2. The van der Waals surface area contributed by atoms with Crippen molar-refractivity contribution in [3.8, 4) is 0 Å². The Morgan fingerprint density at radius 1 is 0.968 bits per heavy atom. The number of hydrogen-bond acceptors (Lipinski definition) is 5. The maximum atomic E-state index is 13.1. The van der Waals surface area contributed by atoms with Crippen molar-refractivity contribution >= 4 is 17.6 Å². The summed E-state index contributed by atoms with van der Waals surface area (Å²) < 4.78 is 20.1. The third kappa shape index (κ3) is 5.28. The van der Waals surface area contributed by atoms with Crippen molar-refractivity contribution in [1.29, 1.82) is 0 Å². The van der Waals surface area contributed by atoms with Crippen LogP contribution in [-0.2, 0) is 16.1 Å². The number of piperazine rings is 1. The van der Waals surface area contributed by atoms with E-state index in [1.165, 1.54) is 12.1 Å². The smallest absolute Gasteiger partial charge is 0.338 e. The van der Waals surface area contributed by atoms with Gasteiger partial charge in [0.05, 0.1) is 12.1 Å². The van der Waals surface area contributed by atoms with Gasteiger partial charge in [0, 0.05) is 44.3 Å². The first-order valence-electron chi connectivity index (χ1n) is 10.1. The fourth-order valence-corrected chi connectivity index (χ4v) is 3.50. The van der Waals surface area contributed by atoms with E-state index < -0.39 is 5.97 Å². The summed E-state index contributed by atoms with van der Waals surface area (Å²) in [5, 5.41) is 4.15. The number of nitrogens with zero attached hydrogens (tertiary/aromatic N) is 4. The normalized spacial score (nSPS) is 13.8. The highest BCUT2D eigenvalue weighted by Gasteiger charge is 2.22. The summed E-state index contributed by atoms with van der Waals surface area (Å²) in [4.78, 5) is 28.5. The number of anilines is 1. The molecule has 2 aromatic carbocycles. The van der Waals surface area contributed by atoms with Gasteiger partial charge < -0.3 is 14.5 Å². The van der Waals surface area contributed by atoms with Gasteiger partial charge in [-0.1, -0.05) is 12.1 Å². The molecule has 3 aromatic rings. The number of halogens is 1. The SMILES string of the molecule is O=C(OCC(=O)N1CCN(c2ccc(F)cc2)CC1)c1ccc(Cn2cccn2)cc1. The van der Waals surface area contributed by atoms with Gasteiger partial charge in [-0.3, -0.25) is 9.48 Å². The van der Waals surface area contributed by atoms with Crippen LogP contribution in [0.25, 0.3) is 0 Å². The molecule has 160 valence electrons. The largest absolute Gasteiger partial charge is 0.452 e. The predicted molar refractivity (Wildman–Crippen MR) is 113 cm³/mol. The molecule has 2 heterocycles. The predicted octanol–water partition coefficient (Wildman–Crippen LogP) is 2.58. The van der Waals surface area contributed by atoms with Gasteiger partial charge in [-0.05, 0) is 48.0 Å². The minimum absolute atomic E-state index is 0.220. The van der Waals surface area contributed by atoms with Crippen molar-refractivity contribution in [3.63, 3.8) is 0 Å². The lowest BCUT2D eigenvalue weighted by molar-refractivity contribution is -0.134. The van der Waals surface area contributed by atoms with E-state index in [-0.39, 0.29) is 18.3 Å². The molecule has 0 aliphatic carbocycles. The van der Waals surface area contributed by atoms with Gasteiger partial charge >= 0.3 is 5.97 Å². The molecule has 0 saturated carbocycles. The zero-order valence-electron chi connectivity index (χ0n) is 17.0. The Kier molecular flexibility index (Phi) is 6.26. The molecule has 1 fully saturated rings. The minimum Gasteiger partial charge on any atom is -0.452 e. The molecule has 0 unspecified atom stereocenters. The zero-order valence-corrected chi connectivity index (χ0v) is 17.0. The van der Waals surface area contributed by atoms with Crippen molar-refractivity contribution in [2.24, 2.45) is 0 Å². The van der Waals surface area contributed by atoms with Crippen molar-refractivity contribution in [1.82, 2.24) is 14.7 Å². The average Bonchev–Trinajstić information content (AvgIpc) is 3.31. The van der Waals surface area contributed by atoms with Crippen molar-refractivity contribution in [2.75, 3.05) is 37.7 Å². The fraction of sp³-hybridized carbons (Fsp3) is 0.261. The lowest BCUT2D eigenvalue weighted by Crippen LogP contribution is -2.49. The van der Waals surface area contributed by atoms with Crippen LogP contribution in [-0.4, -0.2) is 59.3 Å². The Hall–Kier alpha value is -3.68. The number of amides is 1. The van der Waals surface area contributed by atoms with E-state index in [0.717, 1.165) is 11.3 Å². The number of ether oxygens (including phenoxy) is 1. The van der Waals surface area contributed by atoms with Crippen LogP contribution in [0.3, 0.4) is 0 Å². The topological polar surface area (TPSA) is 67.7 Å². The van der Waals surface area contributed by atoms with Crippen LogP contribution >= 0.6 is 0 Å². The first kappa shape index (κ1) is 20.6. The second-order valence-electron chi connectivity index (χ2n) is 7.32. The maximum absolute atomic E-state index is 13.1. The number of aromatic nitrogens is 2. The third-order valence-corrected chi connectivity index (χ3v) is 5.24. The van der Waals surface area contributed by atoms with Crippen LogP contribution in [0.1, 0.15) is 15.9 Å². The van der Waals surface area contributed by atoms with E-state index in [1.54, 1.807) is 40.0 Å². The van der Waals surface area contributed by atoms with Crippen LogP contribution in [0.4, 0.5) is 10.1 Å². The van der Waals surface area contributed by atoms with E-state index in [4.69, 9.17) is 4.74 Å². The minimum atomic E-state index is -0.524. The van der Waals surface area contributed by atoms with E-state index in [2.05, 4.69) is 10.00 Å². The van der Waals surface area contributed by atoms with Gasteiger partial charge in [-0.15, -0.1) is 0 Å². The van der Waals surface area contributed by atoms with Crippen LogP contribution in [0.5, 0.6) is 0 Å². The summed E-state index contributed by atoms with van der Waals surface area (Å²) in [6.45, 7) is 2.66. The highest BCUT2D eigenvalue weighted by molar-refractivity contribution is 5.91. The number of rotatable bonds is 6. The Morgan fingerprint density at radius 3 is 2.32 bits per heavy atom. The fourth-order valence-electron chi connectivity index (χ4n) is 3.50. The molecule has 1 aliphatic rings. The molecule has 0 spiro atoms. The van der Waals surface area contributed by atoms with E-state index in [0.29, 0.717) is 38.3 Å². The molecule has 1 aliphatic heterocycles. The monoisotopic (exact) mass is 422 g/mol. The first-order chi connectivity index (χ1) is 15.1. The van der Waals surface area contributed by atoms with E-state index >= 15 is 0 Å². The van der Waals surface area contributed by atoms with Gasteiger partial charge in [-0.25, -0.2) is 9.18 Å². The van der Waals surface area contributed by atoms with Gasteiger partial charge in [-0.2, -0.15) is 5.10 Å². The summed E-state index contributed by atoms with van der Waals surface area (Å²) in [5.74, 6) is -1.02. The first-order valence-corrected chi connectivity index (χ1v) is 10.1. The van der Waals surface area contributed by atoms with E-state index in [1.807, 2.05) is 24.4 Å². The highest BCUT2D eigenvalue weighted by atomic mass is 19.1. The number of carbonyl (C=O) groups excluding carboxylic acids is 2. The second kappa shape index (κ2) is 9.42. The molecule has 1 saturated heterocycles. The number of esters is 1. The van der Waals surface area contributed by atoms with E-state index in [9.17, 15) is 14.0 Å². The summed E-state index contributed by atoms with van der Waals surface area (Å²) >= 11 is 0. The second-order valence-corrected chi connectivity index (χ2v) is 7.32. The Labute approximate surface area is 179 Å². The zero-order chi connectivity index (χ0) is 21.6. The van der Waals surface area contributed by atoms with Gasteiger partial charge in [0.1, 0.15) is 5.82 Å². The third-order valence-electron chi connectivity index (χ3n) is 5.24.